The number of fused-ring (bicyclic) bond motifs is 1. The molecular formula is C21H20N2O5. The average Bonchev–Trinajstić information content (AvgIpc) is 3.07. The van der Waals surface area contributed by atoms with Crippen LogP contribution in [0.15, 0.2) is 59.2 Å². The average molecular weight is 380 g/mol. The summed E-state index contributed by atoms with van der Waals surface area (Å²) in [4.78, 5) is 36.1. The summed E-state index contributed by atoms with van der Waals surface area (Å²) in [7, 11) is 0. The van der Waals surface area contributed by atoms with Crippen LogP contribution in [0.25, 0.3) is 11.0 Å². The molecule has 3 rings (SSSR count). The summed E-state index contributed by atoms with van der Waals surface area (Å²) < 4.78 is 10.6. The van der Waals surface area contributed by atoms with Crippen LogP contribution < -0.4 is 10.9 Å². The number of nitrogens with one attached hydrogen (secondary N) is 2. The van der Waals surface area contributed by atoms with Crippen molar-refractivity contribution in [1.29, 1.82) is 0 Å². The highest BCUT2D eigenvalue weighted by molar-refractivity contribution is 5.96. The number of aryl methyl sites for hydroxylation is 1. The van der Waals surface area contributed by atoms with E-state index in [-0.39, 0.29) is 6.42 Å². The van der Waals surface area contributed by atoms with E-state index in [1.807, 2.05) is 25.1 Å². The molecular weight excluding hydrogens is 360 g/mol. The second kappa shape index (κ2) is 8.39. The van der Waals surface area contributed by atoms with E-state index in [0.29, 0.717) is 16.7 Å². The van der Waals surface area contributed by atoms with Crippen molar-refractivity contribution in [2.24, 2.45) is 0 Å². The number of carbonyl (C=O) groups excluding carboxylic acids is 3. The highest BCUT2D eigenvalue weighted by atomic mass is 16.5. The molecule has 7 nitrogen and oxygen atoms in total. The molecule has 1 aromatic heterocycles. The zero-order valence-corrected chi connectivity index (χ0v) is 15.5. The van der Waals surface area contributed by atoms with Gasteiger partial charge in [-0.15, -0.1) is 0 Å². The van der Waals surface area contributed by atoms with Crippen LogP contribution in [0.3, 0.4) is 0 Å². The van der Waals surface area contributed by atoms with E-state index in [1.165, 1.54) is 13.2 Å². The number of hydrazine groups is 1. The Morgan fingerprint density at radius 1 is 1.07 bits per heavy atom. The van der Waals surface area contributed by atoms with Crippen LogP contribution in [-0.2, 0) is 20.7 Å². The highest BCUT2D eigenvalue weighted by Gasteiger charge is 2.20. The standard InChI is InChI=1S/C21H20N2O5/c1-13-8-9-17-16(12-27-18(17)10-13)11-19(24)28-14(2)20(25)22-23-21(26)15-6-4-3-5-7-15/h3-10,12,14H,11H2,1-2H3,(H,22,25)(H,23,26)/t14-/m0/s1. The van der Waals surface area contributed by atoms with E-state index in [0.717, 1.165) is 10.9 Å². The van der Waals surface area contributed by atoms with Gasteiger partial charge in [0.05, 0.1) is 12.7 Å². The lowest BCUT2D eigenvalue weighted by atomic mass is 10.1. The monoisotopic (exact) mass is 380 g/mol. The molecule has 0 spiro atoms. The molecule has 0 saturated heterocycles. The van der Waals surface area contributed by atoms with Crippen molar-refractivity contribution >= 4 is 28.8 Å². The molecule has 0 radical (unpaired) electrons. The topological polar surface area (TPSA) is 97.6 Å². The maximum atomic E-state index is 12.2. The van der Waals surface area contributed by atoms with Crippen molar-refractivity contribution in [2.45, 2.75) is 26.4 Å². The maximum absolute atomic E-state index is 12.2. The van der Waals surface area contributed by atoms with Gasteiger partial charge in [-0.2, -0.15) is 0 Å². The Hall–Kier alpha value is -3.61. The largest absolute Gasteiger partial charge is 0.464 e. The van der Waals surface area contributed by atoms with Gasteiger partial charge in [0.15, 0.2) is 6.10 Å². The molecule has 2 aromatic carbocycles. The van der Waals surface area contributed by atoms with Crippen LogP contribution >= 0.6 is 0 Å². The second-order valence-electron chi connectivity index (χ2n) is 6.38. The zero-order chi connectivity index (χ0) is 20.1. The molecule has 0 saturated carbocycles. The number of hydrogen-bond donors (Lipinski definition) is 2. The molecule has 0 aliphatic carbocycles. The fourth-order valence-corrected chi connectivity index (χ4v) is 2.66. The van der Waals surface area contributed by atoms with E-state index >= 15 is 0 Å². The number of rotatable bonds is 5. The predicted octanol–water partition coefficient (Wildman–Crippen LogP) is 2.68. The van der Waals surface area contributed by atoms with Gasteiger partial charge in [-0.1, -0.05) is 30.3 Å². The van der Waals surface area contributed by atoms with E-state index < -0.39 is 23.9 Å². The fourth-order valence-electron chi connectivity index (χ4n) is 2.66. The molecule has 0 fully saturated rings. The third-order valence-corrected chi connectivity index (χ3v) is 4.16. The van der Waals surface area contributed by atoms with Gasteiger partial charge in [-0.05, 0) is 37.6 Å². The van der Waals surface area contributed by atoms with Crippen molar-refractivity contribution in [2.75, 3.05) is 0 Å². The molecule has 1 atom stereocenters. The van der Waals surface area contributed by atoms with Crippen LogP contribution in [-0.4, -0.2) is 23.9 Å². The first-order valence-corrected chi connectivity index (χ1v) is 8.75. The Morgan fingerprint density at radius 2 is 1.82 bits per heavy atom. The normalized spacial score (nSPS) is 11.6. The number of benzene rings is 2. The zero-order valence-electron chi connectivity index (χ0n) is 15.5. The van der Waals surface area contributed by atoms with Gasteiger partial charge in [0.1, 0.15) is 5.58 Å². The van der Waals surface area contributed by atoms with E-state index in [4.69, 9.17) is 9.15 Å². The quantitative estimate of drug-likeness (QED) is 0.524. The van der Waals surface area contributed by atoms with Crippen LogP contribution in [0, 0.1) is 6.92 Å². The minimum atomic E-state index is -1.07. The van der Waals surface area contributed by atoms with E-state index in [9.17, 15) is 14.4 Å². The van der Waals surface area contributed by atoms with Crippen LogP contribution in [0.5, 0.6) is 0 Å². The molecule has 7 heteroatoms. The minimum Gasteiger partial charge on any atom is -0.464 e. The molecule has 0 bridgehead atoms. The molecule has 0 unspecified atom stereocenters. The smallest absolute Gasteiger partial charge is 0.311 e. The van der Waals surface area contributed by atoms with Crippen molar-refractivity contribution < 1.29 is 23.5 Å². The molecule has 1 heterocycles. The third kappa shape index (κ3) is 4.56. The van der Waals surface area contributed by atoms with E-state index in [1.54, 1.807) is 30.3 Å². The Labute approximate surface area is 161 Å². The number of carbonyl (C=O) groups is 3. The van der Waals surface area contributed by atoms with Gasteiger partial charge >= 0.3 is 5.97 Å². The molecule has 2 N–H and O–H groups in total. The molecule has 2 amide bonds. The Kier molecular flexibility index (Phi) is 5.74. The Bertz CT molecular complexity index is 1010. The molecule has 0 aliphatic rings. The van der Waals surface area contributed by atoms with Gasteiger partial charge in [0, 0.05) is 16.5 Å². The van der Waals surface area contributed by atoms with Crippen LogP contribution in [0.2, 0.25) is 0 Å². The van der Waals surface area contributed by atoms with Gasteiger partial charge < -0.3 is 9.15 Å². The van der Waals surface area contributed by atoms with Crippen molar-refractivity contribution in [3.63, 3.8) is 0 Å². The number of amides is 2. The van der Waals surface area contributed by atoms with Crippen molar-refractivity contribution in [3.05, 3.63) is 71.5 Å². The van der Waals surface area contributed by atoms with Gasteiger partial charge in [-0.25, -0.2) is 0 Å². The molecule has 28 heavy (non-hydrogen) atoms. The van der Waals surface area contributed by atoms with Crippen molar-refractivity contribution in [3.8, 4) is 0 Å². The number of ether oxygens (including phenoxy) is 1. The number of furan rings is 1. The molecule has 0 aliphatic heterocycles. The highest BCUT2D eigenvalue weighted by Crippen LogP contribution is 2.23. The summed E-state index contributed by atoms with van der Waals surface area (Å²) in [5.74, 6) is -1.67. The lowest BCUT2D eigenvalue weighted by molar-refractivity contribution is -0.154. The minimum absolute atomic E-state index is 0.0238. The molecule has 144 valence electrons. The summed E-state index contributed by atoms with van der Waals surface area (Å²) in [5.41, 5.74) is 7.36. The Balaban J connectivity index is 1.51. The first-order valence-electron chi connectivity index (χ1n) is 8.75. The Morgan fingerprint density at radius 3 is 2.57 bits per heavy atom. The first-order chi connectivity index (χ1) is 13.4. The van der Waals surface area contributed by atoms with Gasteiger partial charge in [-0.3, -0.25) is 25.2 Å². The van der Waals surface area contributed by atoms with Crippen molar-refractivity contribution in [1.82, 2.24) is 10.9 Å². The summed E-state index contributed by atoms with van der Waals surface area (Å²) in [6.07, 6.45) is 0.421. The SMILES string of the molecule is Cc1ccc2c(CC(=O)O[C@@H](C)C(=O)NNC(=O)c3ccccc3)coc2c1. The fraction of sp³-hybridized carbons (Fsp3) is 0.190. The number of esters is 1. The van der Waals surface area contributed by atoms with Crippen LogP contribution in [0.4, 0.5) is 0 Å². The summed E-state index contributed by atoms with van der Waals surface area (Å²) in [6.45, 7) is 3.38. The number of hydrogen-bond acceptors (Lipinski definition) is 5. The lowest BCUT2D eigenvalue weighted by Gasteiger charge is -2.14. The summed E-state index contributed by atoms with van der Waals surface area (Å²) in [5, 5.41) is 0.828. The predicted molar refractivity (Wildman–Crippen MR) is 102 cm³/mol. The maximum Gasteiger partial charge on any atom is 0.311 e. The molecule has 3 aromatic rings. The van der Waals surface area contributed by atoms with Gasteiger partial charge in [0.25, 0.3) is 11.8 Å². The first kappa shape index (κ1) is 19.2. The summed E-state index contributed by atoms with van der Waals surface area (Å²) in [6, 6.07) is 14.1. The lowest BCUT2D eigenvalue weighted by Crippen LogP contribution is -2.46. The third-order valence-electron chi connectivity index (χ3n) is 4.16. The second-order valence-corrected chi connectivity index (χ2v) is 6.38. The van der Waals surface area contributed by atoms with Gasteiger partial charge in [0.2, 0.25) is 0 Å². The van der Waals surface area contributed by atoms with E-state index in [2.05, 4.69) is 10.9 Å². The summed E-state index contributed by atoms with van der Waals surface area (Å²) >= 11 is 0. The van der Waals surface area contributed by atoms with Crippen LogP contribution in [0.1, 0.15) is 28.4 Å².